The summed E-state index contributed by atoms with van der Waals surface area (Å²) in [4.78, 5) is 29.9. The van der Waals surface area contributed by atoms with Gasteiger partial charge in [-0.3, -0.25) is 9.69 Å². The number of likely N-dealkylation sites (N-methyl/N-ethyl adjacent to an activating group) is 1. The molecule has 3 amide bonds. The Kier molecular flexibility index (Phi) is 11.2. The third-order valence-electron chi connectivity index (χ3n) is 7.57. The van der Waals surface area contributed by atoms with E-state index in [2.05, 4.69) is 15.5 Å². The zero-order valence-corrected chi connectivity index (χ0v) is 26.5. The number of aliphatic hydroxyl groups excluding tert-OH is 1. The molecule has 1 aliphatic rings. The summed E-state index contributed by atoms with van der Waals surface area (Å²) in [5, 5.41) is 16.0. The number of nitrogens with one attached hydrogen (secondary N) is 2. The van der Waals surface area contributed by atoms with Gasteiger partial charge in [-0.15, -0.1) is 0 Å². The highest BCUT2D eigenvalue weighted by Gasteiger charge is 2.32. The van der Waals surface area contributed by atoms with E-state index >= 15 is 0 Å². The summed E-state index contributed by atoms with van der Waals surface area (Å²) < 4.78 is 45.1. The first-order valence-electron chi connectivity index (χ1n) is 14.3. The number of alkyl halides is 3. The molecule has 0 spiro atoms. The molecule has 1 aliphatic heterocycles. The zero-order valence-electron chi connectivity index (χ0n) is 25.0. The number of ether oxygens (including phenoxy) is 1. The lowest BCUT2D eigenvalue weighted by Crippen LogP contribution is -2.47. The number of carbonyl (C=O) groups is 2. The molecule has 0 aromatic heterocycles. The Morgan fingerprint density at radius 1 is 1.07 bits per heavy atom. The van der Waals surface area contributed by atoms with Crippen LogP contribution in [0.4, 0.5) is 29.3 Å². The highest BCUT2D eigenvalue weighted by molar-refractivity contribution is 6.42. The van der Waals surface area contributed by atoms with Crippen LogP contribution in [0.1, 0.15) is 30.5 Å². The van der Waals surface area contributed by atoms with E-state index in [1.54, 1.807) is 36.1 Å². The van der Waals surface area contributed by atoms with Crippen molar-refractivity contribution in [2.24, 2.45) is 5.92 Å². The van der Waals surface area contributed by atoms with Crippen molar-refractivity contribution in [2.75, 3.05) is 37.4 Å². The van der Waals surface area contributed by atoms with E-state index < -0.39 is 23.8 Å². The van der Waals surface area contributed by atoms with Crippen LogP contribution in [-0.2, 0) is 23.9 Å². The van der Waals surface area contributed by atoms with Crippen LogP contribution in [0.3, 0.4) is 0 Å². The van der Waals surface area contributed by atoms with Gasteiger partial charge in [0, 0.05) is 42.5 Å². The van der Waals surface area contributed by atoms with Crippen LogP contribution in [0.2, 0.25) is 10.0 Å². The molecule has 0 bridgehead atoms. The maximum absolute atomic E-state index is 13.5. The first-order chi connectivity index (χ1) is 21.2. The Hall–Kier alpha value is -3.51. The molecule has 0 aliphatic carbocycles. The molecule has 0 saturated carbocycles. The molecule has 4 rings (SSSR count). The van der Waals surface area contributed by atoms with Crippen LogP contribution < -0.4 is 15.4 Å². The van der Waals surface area contributed by atoms with Gasteiger partial charge in [-0.05, 0) is 74.1 Å². The van der Waals surface area contributed by atoms with E-state index in [1.807, 2.05) is 26.1 Å². The average molecular weight is 668 g/mol. The van der Waals surface area contributed by atoms with Crippen molar-refractivity contribution in [3.63, 3.8) is 0 Å². The summed E-state index contributed by atoms with van der Waals surface area (Å²) in [5.74, 6) is 0.164. The van der Waals surface area contributed by atoms with Gasteiger partial charge < -0.3 is 25.4 Å². The molecule has 3 aromatic rings. The quantitative estimate of drug-likeness (QED) is 0.242. The minimum absolute atomic E-state index is 0.0335. The number of halogens is 5. The van der Waals surface area contributed by atoms with Gasteiger partial charge in [0.15, 0.2) is 0 Å². The minimum atomic E-state index is -4.48. The van der Waals surface area contributed by atoms with E-state index in [4.69, 9.17) is 27.9 Å². The summed E-state index contributed by atoms with van der Waals surface area (Å²) in [6.45, 7) is 5.00. The Morgan fingerprint density at radius 2 is 1.73 bits per heavy atom. The lowest BCUT2D eigenvalue weighted by atomic mass is 10.0. The number of aliphatic hydroxyl groups is 1. The van der Waals surface area contributed by atoms with Crippen LogP contribution in [0, 0.1) is 5.92 Å². The topological polar surface area (TPSA) is 94.1 Å². The fourth-order valence-electron chi connectivity index (χ4n) is 5.08. The number of carbonyl (C=O) groups excluding carboxylic acids is 2. The molecule has 45 heavy (non-hydrogen) atoms. The Balaban J connectivity index is 1.54. The van der Waals surface area contributed by atoms with Crippen molar-refractivity contribution in [3.8, 4) is 5.75 Å². The Bertz CT molecular complexity index is 1510. The Morgan fingerprint density at radius 3 is 2.38 bits per heavy atom. The lowest BCUT2D eigenvalue weighted by molar-refractivity contribution is -0.137. The van der Waals surface area contributed by atoms with Crippen molar-refractivity contribution in [2.45, 2.75) is 45.1 Å². The van der Waals surface area contributed by atoms with Crippen LogP contribution in [0.25, 0.3) is 0 Å². The van der Waals surface area contributed by atoms with Crippen LogP contribution in [-0.4, -0.2) is 65.7 Å². The largest absolute Gasteiger partial charge is 0.488 e. The van der Waals surface area contributed by atoms with Crippen LogP contribution >= 0.6 is 23.2 Å². The Labute approximate surface area is 270 Å². The van der Waals surface area contributed by atoms with Crippen molar-refractivity contribution in [1.29, 1.82) is 0 Å². The number of hydrogen-bond donors (Lipinski definition) is 3. The summed E-state index contributed by atoms with van der Waals surface area (Å²) in [7, 11) is 1.95. The van der Waals surface area contributed by atoms with Gasteiger partial charge in [-0.1, -0.05) is 36.2 Å². The van der Waals surface area contributed by atoms with Gasteiger partial charge in [0.1, 0.15) is 11.9 Å². The second kappa shape index (κ2) is 14.7. The highest BCUT2D eigenvalue weighted by Crippen LogP contribution is 2.31. The number of nitrogens with zero attached hydrogens (tertiary/aromatic N) is 2. The van der Waals surface area contributed by atoms with Gasteiger partial charge in [-0.25, -0.2) is 4.79 Å². The molecule has 3 atom stereocenters. The van der Waals surface area contributed by atoms with E-state index in [9.17, 15) is 27.9 Å². The third-order valence-corrected chi connectivity index (χ3v) is 8.31. The number of anilines is 2. The molecule has 1 heterocycles. The van der Waals surface area contributed by atoms with Crippen molar-refractivity contribution >= 4 is 46.5 Å². The molecule has 13 heteroatoms. The molecule has 0 radical (unpaired) electrons. The summed E-state index contributed by atoms with van der Waals surface area (Å²) in [5.41, 5.74) is 1.22. The van der Waals surface area contributed by atoms with Gasteiger partial charge >= 0.3 is 12.2 Å². The number of amides is 3. The molecular formula is C32H35Cl2F3N4O4. The SMILES string of the molecule is C[C@@H]1CN([C@H](C)CO)C(=O)Cc2cc(NC(=O)Nc3ccc(C(F)(F)F)cc3)ccc2O[C@H]1CN(C)Cc1ccc(Cl)c(Cl)c1. The maximum atomic E-state index is 13.5. The zero-order chi connectivity index (χ0) is 32.9. The first kappa shape index (κ1) is 34.4. The minimum Gasteiger partial charge on any atom is -0.488 e. The maximum Gasteiger partial charge on any atom is 0.416 e. The molecule has 0 fully saturated rings. The van der Waals surface area contributed by atoms with E-state index in [-0.39, 0.29) is 36.6 Å². The smallest absolute Gasteiger partial charge is 0.416 e. The van der Waals surface area contributed by atoms with Crippen molar-refractivity contribution < 1.29 is 32.6 Å². The molecule has 242 valence electrons. The summed E-state index contributed by atoms with van der Waals surface area (Å²) in [6.07, 6.45) is -4.87. The second-order valence-electron chi connectivity index (χ2n) is 11.3. The monoisotopic (exact) mass is 666 g/mol. The summed E-state index contributed by atoms with van der Waals surface area (Å²) in [6, 6.07) is 13.4. The summed E-state index contributed by atoms with van der Waals surface area (Å²) >= 11 is 12.3. The predicted octanol–water partition coefficient (Wildman–Crippen LogP) is 6.94. The number of urea groups is 1. The third kappa shape index (κ3) is 9.26. The predicted molar refractivity (Wildman–Crippen MR) is 169 cm³/mol. The standard InChI is InChI=1S/C32H35Cl2F3N4O4/c1-19-15-41(20(2)18-42)30(43)14-22-13-25(39-31(44)38-24-7-5-23(6-8-24)32(35,36)37)9-11-28(22)45-29(19)17-40(3)16-21-4-10-26(33)27(34)12-21/h4-13,19-20,29,42H,14-18H2,1-3H3,(H2,38,39,44)/t19-,20-,29+/m1/s1. The lowest BCUT2D eigenvalue weighted by Gasteiger charge is -2.34. The number of rotatable bonds is 8. The number of hydrogen-bond acceptors (Lipinski definition) is 5. The number of fused-ring (bicyclic) bond motifs is 1. The van der Waals surface area contributed by atoms with Crippen molar-refractivity contribution in [3.05, 3.63) is 87.4 Å². The van der Waals surface area contributed by atoms with E-state index in [0.29, 0.717) is 46.7 Å². The molecule has 3 aromatic carbocycles. The van der Waals surface area contributed by atoms with Crippen LogP contribution in [0.15, 0.2) is 60.7 Å². The molecule has 3 N–H and O–H groups in total. The normalized spacial score (nSPS) is 17.9. The van der Waals surface area contributed by atoms with E-state index in [0.717, 1.165) is 29.8 Å². The van der Waals surface area contributed by atoms with Gasteiger partial charge in [0.05, 0.1) is 34.7 Å². The van der Waals surface area contributed by atoms with Gasteiger partial charge in [-0.2, -0.15) is 13.2 Å². The van der Waals surface area contributed by atoms with Gasteiger partial charge in [0.25, 0.3) is 0 Å². The van der Waals surface area contributed by atoms with E-state index in [1.165, 1.54) is 0 Å². The van der Waals surface area contributed by atoms with Crippen molar-refractivity contribution in [1.82, 2.24) is 9.80 Å². The molecule has 8 nitrogen and oxygen atoms in total. The molecular weight excluding hydrogens is 632 g/mol. The average Bonchev–Trinajstić information content (AvgIpc) is 3.01. The first-order valence-corrected chi connectivity index (χ1v) is 15.1. The molecule has 0 saturated heterocycles. The van der Waals surface area contributed by atoms with Gasteiger partial charge in [0.2, 0.25) is 5.91 Å². The number of benzene rings is 3. The fourth-order valence-corrected chi connectivity index (χ4v) is 5.40. The van der Waals surface area contributed by atoms with Crippen LogP contribution in [0.5, 0.6) is 5.75 Å². The second-order valence-corrected chi connectivity index (χ2v) is 12.1. The highest BCUT2D eigenvalue weighted by atomic mass is 35.5. The fraction of sp³-hybridized carbons (Fsp3) is 0.375. The molecule has 0 unspecified atom stereocenters.